The van der Waals surface area contributed by atoms with Crippen molar-refractivity contribution in [1.29, 1.82) is 0 Å². The van der Waals surface area contributed by atoms with Gasteiger partial charge in [-0.3, -0.25) is 0 Å². The van der Waals surface area contributed by atoms with E-state index in [-0.39, 0.29) is 12.4 Å². The molecule has 0 radical (unpaired) electrons. The van der Waals surface area contributed by atoms with E-state index in [1.165, 1.54) is 223 Å². The van der Waals surface area contributed by atoms with Crippen molar-refractivity contribution < 1.29 is 16.9 Å². The molecule has 0 aromatic heterocycles. The Morgan fingerprint density at radius 2 is 0.500 bits per heavy atom. The summed E-state index contributed by atoms with van der Waals surface area (Å²) >= 11 is 0. The summed E-state index contributed by atoms with van der Waals surface area (Å²) < 4.78 is 1.20. The van der Waals surface area contributed by atoms with Crippen LogP contribution < -0.4 is 12.4 Å². The van der Waals surface area contributed by atoms with Gasteiger partial charge in [-0.25, -0.2) is 0 Å². The van der Waals surface area contributed by atoms with Crippen LogP contribution in [0.3, 0.4) is 0 Å². The molecule has 0 saturated carbocycles. The molecule has 0 aromatic rings. The van der Waals surface area contributed by atoms with Crippen molar-refractivity contribution in [1.82, 2.24) is 0 Å². The molecule has 264 valence electrons. The summed E-state index contributed by atoms with van der Waals surface area (Å²) in [4.78, 5) is 0. The predicted molar refractivity (Wildman–Crippen MR) is 199 cm³/mol. The van der Waals surface area contributed by atoms with Gasteiger partial charge in [0.25, 0.3) is 0 Å². The third-order valence-corrected chi connectivity index (χ3v) is 10.0. The van der Waals surface area contributed by atoms with E-state index >= 15 is 0 Å². The van der Waals surface area contributed by atoms with Crippen LogP contribution in [0, 0.1) is 0 Å². The third-order valence-electron chi connectivity index (χ3n) is 10.0. The molecule has 0 bridgehead atoms. The molecular weight excluding hydrogens is 554 g/mol. The van der Waals surface area contributed by atoms with Crippen LogP contribution in [0.25, 0.3) is 0 Å². The normalized spacial score (nSPS) is 11.5. The van der Waals surface area contributed by atoms with Gasteiger partial charge in [0.1, 0.15) is 0 Å². The van der Waals surface area contributed by atoms with Crippen LogP contribution in [-0.4, -0.2) is 30.7 Å². The molecule has 0 aliphatic carbocycles. The topological polar surface area (TPSA) is 0 Å². The number of quaternary nitrogens is 1. The van der Waals surface area contributed by atoms with E-state index in [1.807, 2.05) is 0 Å². The zero-order valence-corrected chi connectivity index (χ0v) is 31.6. The van der Waals surface area contributed by atoms with Crippen LogP contribution in [0.1, 0.15) is 219 Å². The average Bonchev–Trinajstić information content (AvgIpc) is 3.01. The highest BCUT2D eigenvalue weighted by Gasteiger charge is 2.23. The second kappa shape index (κ2) is 38.9. The summed E-state index contributed by atoms with van der Waals surface area (Å²) in [5.41, 5.74) is 0. The van der Waals surface area contributed by atoms with Crippen LogP contribution in [0.5, 0.6) is 0 Å². The Balaban J connectivity index is 0. The molecule has 0 aromatic carbocycles. The molecule has 0 amide bonds. The molecule has 0 spiro atoms. The molecule has 0 fully saturated rings. The summed E-state index contributed by atoms with van der Waals surface area (Å²) in [5.74, 6) is 0. The Morgan fingerprint density at radius 3 is 0.682 bits per heavy atom. The molecule has 0 rings (SSSR count). The zero-order chi connectivity index (χ0) is 31.4. The molecular formula is C42H84ClN. The van der Waals surface area contributed by atoms with E-state index in [0.29, 0.717) is 0 Å². The number of hydrogen-bond donors (Lipinski definition) is 0. The number of hydrogen-bond acceptors (Lipinski definition) is 0. The molecule has 1 nitrogen and oxygen atoms in total. The fraction of sp³-hybridized carbons (Fsp3) is 0.905. The van der Waals surface area contributed by atoms with Crippen LogP contribution in [0.4, 0.5) is 0 Å². The van der Waals surface area contributed by atoms with E-state index in [4.69, 9.17) is 0 Å². The quantitative estimate of drug-likeness (QED) is 0.0359. The Labute approximate surface area is 286 Å². The van der Waals surface area contributed by atoms with Crippen molar-refractivity contribution >= 4 is 0 Å². The van der Waals surface area contributed by atoms with Gasteiger partial charge in [-0.1, -0.05) is 207 Å². The van der Waals surface area contributed by atoms with Gasteiger partial charge in [0.2, 0.25) is 0 Å². The van der Waals surface area contributed by atoms with E-state index in [2.05, 4.69) is 39.2 Å². The van der Waals surface area contributed by atoms with Gasteiger partial charge in [-0.05, 0) is 37.8 Å². The first kappa shape index (κ1) is 45.9. The van der Waals surface area contributed by atoms with Crippen LogP contribution in [0.2, 0.25) is 0 Å². The molecule has 0 heterocycles. The van der Waals surface area contributed by atoms with E-state index in [1.54, 1.807) is 0 Å². The van der Waals surface area contributed by atoms with Gasteiger partial charge < -0.3 is 16.9 Å². The maximum Gasteiger partial charge on any atom is 0.0973 e. The van der Waals surface area contributed by atoms with Crippen LogP contribution >= 0.6 is 0 Å². The Morgan fingerprint density at radius 1 is 0.318 bits per heavy atom. The number of rotatable bonds is 38. The maximum atomic E-state index is 4.13. The fourth-order valence-corrected chi connectivity index (χ4v) is 7.09. The molecule has 0 aliphatic heterocycles. The van der Waals surface area contributed by atoms with Gasteiger partial charge in [0, 0.05) is 0 Å². The minimum absolute atomic E-state index is 0. The Bertz CT molecular complexity index is 496. The molecule has 0 saturated heterocycles. The number of unbranched alkanes of at least 4 members (excludes halogenated alkanes) is 30. The lowest BCUT2D eigenvalue weighted by Gasteiger charge is -2.37. The molecule has 0 atom stereocenters. The number of halogens is 1. The fourth-order valence-electron chi connectivity index (χ4n) is 7.09. The summed E-state index contributed by atoms with van der Waals surface area (Å²) in [5, 5.41) is 0. The van der Waals surface area contributed by atoms with Crippen molar-refractivity contribution in [3.05, 3.63) is 25.3 Å². The number of nitrogens with zero attached hydrogens (tertiary/aromatic N) is 1. The smallest absolute Gasteiger partial charge is 0.0973 e. The summed E-state index contributed by atoms with van der Waals surface area (Å²) in [6.07, 6.45) is 50.6. The second-order valence-electron chi connectivity index (χ2n) is 14.3. The SMILES string of the molecule is C=CC[N+](CC=C)(CCCCCCCCCCCCCCCCCC)CCCCCCCCCCCCCCCCCC.[Cl-]. The van der Waals surface area contributed by atoms with Crippen molar-refractivity contribution in [3.8, 4) is 0 Å². The van der Waals surface area contributed by atoms with E-state index < -0.39 is 0 Å². The lowest BCUT2D eigenvalue weighted by Crippen LogP contribution is -3.00. The van der Waals surface area contributed by atoms with Crippen molar-refractivity contribution in [3.63, 3.8) is 0 Å². The highest BCUT2D eigenvalue weighted by Crippen LogP contribution is 2.18. The standard InChI is InChI=1S/C42H84N.ClH/c1-5-9-11-13-15-17-19-21-23-25-27-29-31-33-35-37-41-43(39-7-3,40-8-4)42-38-36-34-32-30-28-26-24-22-20-18-16-14-12-10-6-2;/h7-8H,3-6,9-42H2,1-2H3;1H/q+1;/p-1. The largest absolute Gasteiger partial charge is 1.00 e. The van der Waals surface area contributed by atoms with Gasteiger partial charge in [-0.15, -0.1) is 0 Å². The summed E-state index contributed by atoms with van der Waals surface area (Å²) in [6.45, 7) is 17.7. The van der Waals surface area contributed by atoms with E-state index in [9.17, 15) is 0 Å². The van der Waals surface area contributed by atoms with Crippen molar-refractivity contribution in [2.24, 2.45) is 0 Å². The van der Waals surface area contributed by atoms with Crippen molar-refractivity contribution in [2.45, 2.75) is 219 Å². The minimum atomic E-state index is 0. The predicted octanol–water partition coefficient (Wildman–Crippen LogP) is 11.7. The maximum absolute atomic E-state index is 4.13. The average molecular weight is 639 g/mol. The summed E-state index contributed by atoms with van der Waals surface area (Å²) in [7, 11) is 0. The molecule has 2 heteroatoms. The summed E-state index contributed by atoms with van der Waals surface area (Å²) in [6, 6.07) is 0. The lowest BCUT2D eigenvalue weighted by atomic mass is 10.0. The highest BCUT2D eigenvalue weighted by molar-refractivity contribution is 4.72. The first-order chi connectivity index (χ1) is 21.2. The van der Waals surface area contributed by atoms with Gasteiger partial charge in [0.05, 0.1) is 26.2 Å². The highest BCUT2D eigenvalue weighted by atomic mass is 35.5. The van der Waals surface area contributed by atoms with Crippen LogP contribution in [-0.2, 0) is 0 Å². The molecule has 0 aliphatic rings. The Hall–Kier alpha value is -0.270. The van der Waals surface area contributed by atoms with Crippen LogP contribution in [0.15, 0.2) is 25.3 Å². The van der Waals surface area contributed by atoms with E-state index in [0.717, 1.165) is 13.1 Å². The van der Waals surface area contributed by atoms with Gasteiger partial charge in [0.15, 0.2) is 0 Å². The first-order valence-corrected chi connectivity index (χ1v) is 20.3. The molecule has 0 unspecified atom stereocenters. The second-order valence-corrected chi connectivity index (χ2v) is 14.3. The molecule has 0 N–H and O–H groups in total. The van der Waals surface area contributed by atoms with Gasteiger partial charge in [-0.2, -0.15) is 0 Å². The van der Waals surface area contributed by atoms with Gasteiger partial charge >= 0.3 is 0 Å². The lowest BCUT2D eigenvalue weighted by molar-refractivity contribution is -0.917. The molecule has 44 heavy (non-hydrogen) atoms. The Kier molecular flexibility index (Phi) is 40.5. The first-order valence-electron chi connectivity index (χ1n) is 20.3. The zero-order valence-electron chi connectivity index (χ0n) is 30.8. The minimum Gasteiger partial charge on any atom is -1.00 e. The third kappa shape index (κ3) is 33.1. The monoisotopic (exact) mass is 638 g/mol. The van der Waals surface area contributed by atoms with Crippen molar-refractivity contribution in [2.75, 3.05) is 26.2 Å².